The molecule has 1 aromatic heterocycles. The molecule has 6 heteroatoms. The third-order valence-corrected chi connectivity index (χ3v) is 5.48. The number of methoxy groups -OCH3 is 1. The molecule has 1 aliphatic heterocycles. The average molecular weight is 391 g/mol. The molecule has 4 rings (SSSR count). The summed E-state index contributed by atoms with van der Waals surface area (Å²) >= 11 is 0. The van der Waals surface area contributed by atoms with Gasteiger partial charge in [-0.2, -0.15) is 0 Å². The maximum atomic E-state index is 13.2. The van der Waals surface area contributed by atoms with Gasteiger partial charge in [0.2, 0.25) is 5.91 Å². The Labute approximate surface area is 170 Å². The van der Waals surface area contributed by atoms with Crippen LogP contribution in [0.15, 0.2) is 48.5 Å². The fourth-order valence-electron chi connectivity index (χ4n) is 4.00. The Morgan fingerprint density at radius 3 is 2.66 bits per heavy atom. The molecule has 6 nitrogen and oxygen atoms in total. The normalized spacial score (nSPS) is 13.9. The number of carbonyl (C=O) groups excluding carboxylic acids is 2. The standard InChI is InChI=1S/C23H25N3O3/c1-25-19-11-10-17(29-2)15-18(19)21(26-14-6-9-20(26)27)22(25)23(28)24-13-12-16-7-4-3-5-8-16/h3-5,7-8,10-11,15H,6,9,12-14H2,1-2H3,(H,24,28). The van der Waals surface area contributed by atoms with Gasteiger partial charge in [-0.25, -0.2) is 0 Å². The minimum absolute atomic E-state index is 0.0543. The maximum absolute atomic E-state index is 13.2. The lowest BCUT2D eigenvalue weighted by Gasteiger charge is -2.18. The third kappa shape index (κ3) is 3.58. The molecule has 0 bridgehead atoms. The molecular weight excluding hydrogens is 366 g/mol. The molecule has 2 amide bonds. The molecule has 0 radical (unpaired) electrons. The highest BCUT2D eigenvalue weighted by Gasteiger charge is 2.31. The van der Waals surface area contributed by atoms with Gasteiger partial charge < -0.3 is 19.5 Å². The first-order valence-electron chi connectivity index (χ1n) is 9.89. The predicted octanol–water partition coefficient (Wildman–Crippen LogP) is 3.29. The number of hydrogen-bond acceptors (Lipinski definition) is 3. The van der Waals surface area contributed by atoms with Crippen molar-refractivity contribution in [3.05, 3.63) is 59.8 Å². The Balaban J connectivity index is 1.69. The Morgan fingerprint density at radius 2 is 1.97 bits per heavy atom. The number of ether oxygens (including phenoxy) is 1. The van der Waals surface area contributed by atoms with E-state index in [2.05, 4.69) is 5.32 Å². The number of benzene rings is 2. The number of aromatic nitrogens is 1. The summed E-state index contributed by atoms with van der Waals surface area (Å²) in [6.45, 7) is 1.15. The summed E-state index contributed by atoms with van der Waals surface area (Å²) < 4.78 is 7.25. The third-order valence-electron chi connectivity index (χ3n) is 5.48. The predicted molar refractivity (Wildman–Crippen MR) is 114 cm³/mol. The van der Waals surface area contributed by atoms with Crippen LogP contribution in [-0.4, -0.2) is 36.6 Å². The highest BCUT2D eigenvalue weighted by atomic mass is 16.5. The van der Waals surface area contributed by atoms with E-state index in [1.54, 1.807) is 12.0 Å². The van der Waals surface area contributed by atoms with Crippen molar-refractivity contribution in [2.24, 2.45) is 7.05 Å². The van der Waals surface area contributed by atoms with Gasteiger partial charge in [-0.3, -0.25) is 9.59 Å². The quantitative estimate of drug-likeness (QED) is 0.701. The van der Waals surface area contributed by atoms with Gasteiger partial charge in [-0.1, -0.05) is 30.3 Å². The zero-order valence-electron chi connectivity index (χ0n) is 16.8. The van der Waals surface area contributed by atoms with E-state index in [4.69, 9.17) is 4.74 Å². The highest BCUT2D eigenvalue weighted by Crippen LogP contribution is 2.37. The molecule has 0 saturated carbocycles. The molecule has 29 heavy (non-hydrogen) atoms. The van der Waals surface area contributed by atoms with E-state index >= 15 is 0 Å². The fraction of sp³-hybridized carbons (Fsp3) is 0.304. The van der Waals surface area contributed by atoms with Crippen LogP contribution in [-0.2, 0) is 18.3 Å². The van der Waals surface area contributed by atoms with Gasteiger partial charge in [0.05, 0.1) is 18.3 Å². The highest BCUT2D eigenvalue weighted by molar-refractivity contribution is 6.14. The number of nitrogens with zero attached hydrogens (tertiary/aromatic N) is 2. The summed E-state index contributed by atoms with van der Waals surface area (Å²) in [5, 5.41) is 3.88. The molecular formula is C23H25N3O3. The number of rotatable bonds is 6. The summed E-state index contributed by atoms with van der Waals surface area (Å²) in [5.74, 6) is 0.582. The molecule has 1 N–H and O–H groups in total. The molecule has 0 atom stereocenters. The molecule has 3 aromatic rings. The number of amides is 2. The Kier molecular flexibility index (Phi) is 5.25. The first kappa shape index (κ1) is 19.1. The van der Waals surface area contributed by atoms with Crippen molar-refractivity contribution in [3.63, 3.8) is 0 Å². The van der Waals surface area contributed by atoms with E-state index in [1.165, 1.54) is 5.56 Å². The molecule has 1 saturated heterocycles. The molecule has 2 aromatic carbocycles. The molecule has 0 aliphatic carbocycles. The van der Waals surface area contributed by atoms with Crippen LogP contribution in [0, 0.1) is 0 Å². The minimum atomic E-state index is -0.173. The maximum Gasteiger partial charge on any atom is 0.270 e. The SMILES string of the molecule is COc1ccc2c(c1)c(N1CCCC1=O)c(C(=O)NCCc1ccccc1)n2C. The first-order chi connectivity index (χ1) is 14.1. The van der Waals surface area contributed by atoms with Crippen LogP contribution in [0.5, 0.6) is 5.75 Å². The Hall–Kier alpha value is -3.28. The second-order valence-corrected chi connectivity index (χ2v) is 7.28. The molecule has 1 fully saturated rings. The van der Waals surface area contributed by atoms with Crippen LogP contribution in [0.2, 0.25) is 0 Å². The Bertz CT molecular complexity index is 1060. The van der Waals surface area contributed by atoms with Crippen molar-refractivity contribution in [1.82, 2.24) is 9.88 Å². The fourth-order valence-corrected chi connectivity index (χ4v) is 4.00. The van der Waals surface area contributed by atoms with Crippen LogP contribution >= 0.6 is 0 Å². The number of fused-ring (bicyclic) bond motifs is 1. The Morgan fingerprint density at radius 1 is 1.17 bits per heavy atom. The summed E-state index contributed by atoms with van der Waals surface area (Å²) in [4.78, 5) is 27.4. The second-order valence-electron chi connectivity index (χ2n) is 7.28. The van der Waals surface area contributed by atoms with Crippen LogP contribution < -0.4 is 15.0 Å². The number of carbonyl (C=O) groups is 2. The van der Waals surface area contributed by atoms with Crippen molar-refractivity contribution >= 4 is 28.4 Å². The van der Waals surface area contributed by atoms with Crippen molar-refractivity contribution in [3.8, 4) is 5.75 Å². The van der Waals surface area contributed by atoms with E-state index in [-0.39, 0.29) is 11.8 Å². The lowest BCUT2D eigenvalue weighted by Crippen LogP contribution is -2.31. The number of hydrogen-bond donors (Lipinski definition) is 1. The van der Waals surface area contributed by atoms with Gasteiger partial charge in [0, 0.05) is 31.9 Å². The first-order valence-corrected chi connectivity index (χ1v) is 9.89. The summed E-state index contributed by atoms with van der Waals surface area (Å²) in [6, 6.07) is 15.8. The zero-order chi connectivity index (χ0) is 20.4. The smallest absolute Gasteiger partial charge is 0.270 e. The lowest BCUT2D eigenvalue weighted by atomic mass is 10.1. The molecule has 1 aliphatic rings. The number of nitrogens with one attached hydrogen (secondary N) is 1. The van der Waals surface area contributed by atoms with Crippen LogP contribution in [0.4, 0.5) is 5.69 Å². The largest absolute Gasteiger partial charge is 0.497 e. The van der Waals surface area contributed by atoms with Crippen LogP contribution in [0.1, 0.15) is 28.9 Å². The topological polar surface area (TPSA) is 63.6 Å². The average Bonchev–Trinajstić information content (AvgIpc) is 3.28. The summed E-state index contributed by atoms with van der Waals surface area (Å²) in [7, 11) is 3.48. The minimum Gasteiger partial charge on any atom is -0.497 e. The number of anilines is 1. The second kappa shape index (κ2) is 7.99. The van der Waals surface area contributed by atoms with E-state index in [0.29, 0.717) is 36.6 Å². The van der Waals surface area contributed by atoms with Crippen molar-refractivity contribution < 1.29 is 14.3 Å². The monoisotopic (exact) mass is 391 g/mol. The molecule has 0 unspecified atom stereocenters. The lowest BCUT2D eigenvalue weighted by molar-refractivity contribution is -0.117. The zero-order valence-corrected chi connectivity index (χ0v) is 16.8. The van der Waals surface area contributed by atoms with E-state index in [0.717, 1.165) is 23.7 Å². The van der Waals surface area contributed by atoms with Crippen LogP contribution in [0.25, 0.3) is 10.9 Å². The van der Waals surface area contributed by atoms with Gasteiger partial charge in [0.1, 0.15) is 11.4 Å². The molecule has 2 heterocycles. The van der Waals surface area contributed by atoms with Gasteiger partial charge >= 0.3 is 0 Å². The van der Waals surface area contributed by atoms with E-state index < -0.39 is 0 Å². The van der Waals surface area contributed by atoms with Gasteiger partial charge in [0.15, 0.2) is 0 Å². The number of aryl methyl sites for hydroxylation is 1. The van der Waals surface area contributed by atoms with Gasteiger partial charge in [0.25, 0.3) is 5.91 Å². The molecule has 150 valence electrons. The summed E-state index contributed by atoms with van der Waals surface area (Å²) in [5.41, 5.74) is 3.26. The van der Waals surface area contributed by atoms with Crippen molar-refractivity contribution in [1.29, 1.82) is 0 Å². The van der Waals surface area contributed by atoms with E-state index in [9.17, 15) is 9.59 Å². The van der Waals surface area contributed by atoms with Crippen molar-refractivity contribution in [2.75, 3.05) is 25.1 Å². The van der Waals surface area contributed by atoms with E-state index in [1.807, 2.05) is 60.1 Å². The summed E-state index contributed by atoms with van der Waals surface area (Å²) in [6.07, 6.45) is 2.06. The van der Waals surface area contributed by atoms with Gasteiger partial charge in [-0.15, -0.1) is 0 Å². The van der Waals surface area contributed by atoms with Gasteiger partial charge in [-0.05, 0) is 36.6 Å². The van der Waals surface area contributed by atoms with Crippen LogP contribution in [0.3, 0.4) is 0 Å². The van der Waals surface area contributed by atoms with Crippen molar-refractivity contribution in [2.45, 2.75) is 19.3 Å². The molecule has 0 spiro atoms.